The summed E-state index contributed by atoms with van der Waals surface area (Å²) < 4.78 is 13.9. The summed E-state index contributed by atoms with van der Waals surface area (Å²) in [7, 11) is 1.35. The second-order valence-corrected chi connectivity index (χ2v) is 7.76. The maximum absolute atomic E-state index is 12.6. The van der Waals surface area contributed by atoms with Crippen molar-refractivity contribution >= 4 is 49.4 Å². The molecular formula is C20H19BrN2O4S. The Hall–Kier alpha value is -2.29. The highest BCUT2D eigenvalue weighted by Crippen LogP contribution is 2.20. The third-order valence-electron chi connectivity index (χ3n) is 4.06. The summed E-state index contributed by atoms with van der Waals surface area (Å²) >= 11 is 4.71. The van der Waals surface area contributed by atoms with E-state index in [1.807, 2.05) is 17.6 Å². The Bertz CT molecular complexity index is 1070. The number of hydrogen-bond acceptors (Lipinski definition) is 5. The Kier molecular flexibility index (Phi) is 6.77. The van der Waals surface area contributed by atoms with Crippen molar-refractivity contribution in [2.75, 3.05) is 20.3 Å². The maximum Gasteiger partial charge on any atom is 0.337 e. The molecule has 0 radical (unpaired) electrons. The molecule has 0 bridgehead atoms. The van der Waals surface area contributed by atoms with Crippen LogP contribution in [0.2, 0.25) is 0 Å². The molecule has 0 aliphatic carbocycles. The van der Waals surface area contributed by atoms with Crippen LogP contribution in [0.5, 0.6) is 0 Å². The first-order valence-corrected chi connectivity index (χ1v) is 10.3. The highest BCUT2D eigenvalue weighted by Gasteiger charge is 2.12. The average Bonchev–Trinajstić information content (AvgIpc) is 3.04. The molecule has 0 aliphatic rings. The van der Waals surface area contributed by atoms with Gasteiger partial charge in [0.05, 0.1) is 29.5 Å². The number of methoxy groups -OCH3 is 1. The van der Waals surface area contributed by atoms with Gasteiger partial charge in [0.15, 0.2) is 4.80 Å². The highest BCUT2D eigenvalue weighted by atomic mass is 79.9. The van der Waals surface area contributed by atoms with Gasteiger partial charge in [0.1, 0.15) is 0 Å². The first-order chi connectivity index (χ1) is 13.5. The van der Waals surface area contributed by atoms with E-state index in [1.54, 1.807) is 36.4 Å². The summed E-state index contributed by atoms with van der Waals surface area (Å²) in [6, 6.07) is 12.4. The number of rotatable bonds is 6. The van der Waals surface area contributed by atoms with Gasteiger partial charge in [0, 0.05) is 23.2 Å². The lowest BCUT2D eigenvalue weighted by Gasteiger charge is -2.06. The fourth-order valence-corrected chi connectivity index (χ4v) is 4.02. The first kappa shape index (κ1) is 20.4. The van der Waals surface area contributed by atoms with Gasteiger partial charge in [-0.05, 0) is 49.4 Å². The zero-order chi connectivity index (χ0) is 20.1. The van der Waals surface area contributed by atoms with Crippen molar-refractivity contribution < 1.29 is 19.1 Å². The Morgan fingerprint density at radius 1 is 1.14 bits per heavy atom. The van der Waals surface area contributed by atoms with Crippen LogP contribution in [0.25, 0.3) is 10.2 Å². The molecule has 3 aromatic rings. The SMILES string of the molecule is CCOCCn1c(=NC(=O)c2ccc(Br)cc2)sc2cc(C(=O)OC)ccc21. The summed E-state index contributed by atoms with van der Waals surface area (Å²) in [5.74, 6) is -0.724. The molecule has 0 atom stereocenters. The molecule has 1 amide bonds. The quantitative estimate of drug-likeness (QED) is 0.409. The van der Waals surface area contributed by atoms with Crippen LogP contribution in [-0.4, -0.2) is 36.8 Å². The molecule has 0 fully saturated rings. The molecular weight excluding hydrogens is 444 g/mol. The predicted molar refractivity (Wildman–Crippen MR) is 112 cm³/mol. The molecule has 2 aromatic carbocycles. The van der Waals surface area contributed by atoms with Crippen molar-refractivity contribution in [3.8, 4) is 0 Å². The van der Waals surface area contributed by atoms with Gasteiger partial charge in [0.2, 0.25) is 0 Å². The number of aromatic nitrogens is 1. The number of nitrogens with zero attached hydrogens (tertiary/aromatic N) is 2. The van der Waals surface area contributed by atoms with E-state index in [2.05, 4.69) is 20.9 Å². The van der Waals surface area contributed by atoms with Crippen LogP contribution < -0.4 is 4.80 Å². The second-order valence-electron chi connectivity index (χ2n) is 5.83. The van der Waals surface area contributed by atoms with Crippen LogP contribution in [0.3, 0.4) is 0 Å². The first-order valence-electron chi connectivity index (χ1n) is 8.67. The van der Waals surface area contributed by atoms with Crippen molar-refractivity contribution in [1.29, 1.82) is 0 Å². The predicted octanol–water partition coefficient (Wildman–Crippen LogP) is 4.03. The van der Waals surface area contributed by atoms with Crippen LogP contribution in [0.15, 0.2) is 51.9 Å². The average molecular weight is 463 g/mol. The molecule has 0 aliphatic heterocycles. The lowest BCUT2D eigenvalue weighted by Crippen LogP contribution is -2.19. The van der Waals surface area contributed by atoms with E-state index in [0.29, 0.717) is 35.7 Å². The molecule has 0 N–H and O–H groups in total. The lowest BCUT2D eigenvalue weighted by molar-refractivity contribution is 0.0600. The molecule has 3 rings (SSSR count). The number of ether oxygens (including phenoxy) is 2. The van der Waals surface area contributed by atoms with Crippen molar-refractivity contribution in [1.82, 2.24) is 4.57 Å². The third kappa shape index (κ3) is 4.57. The van der Waals surface area contributed by atoms with E-state index in [1.165, 1.54) is 18.4 Å². The molecule has 0 saturated carbocycles. The molecule has 0 saturated heterocycles. The number of halogens is 1. The van der Waals surface area contributed by atoms with E-state index in [4.69, 9.17) is 9.47 Å². The van der Waals surface area contributed by atoms with Gasteiger partial charge in [-0.15, -0.1) is 0 Å². The smallest absolute Gasteiger partial charge is 0.337 e. The zero-order valence-corrected chi connectivity index (χ0v) is 17.9. The van der Waals surface area contributed by atoms with Gasteiger partial charge in [-0.2, -0.15) is 4.99 Å². The summed E-state index contributed by atoms with van der Waals surface area (Å²) in [4.78, 5) is 29.3. The van der Waals surface area contributed by atoms with Crippen LogP contribution in [-0.2, 0) is 16.0 Å². The van der Waals surface area contributed by atoms with Gasteiger partial charge in [-0.3, -0.25) is 4.79 Å². The minimum Gasteiger partial charge on any atom is -0.465 e. The monoisotopic (exact) mass is 462 g/mol. The number of fused-ring (bicyclic) bond motifs is 1. The lowest BCUT2D eigenvalue weighted by atomic mass is 10.2. The fourth-order valence-electron chi connectivity index (χ4n) is 2.66. The molecule has 1 aromatic heterocycles. The summed E-state index contributed by atoms with van der Waals surface area (Å²) in [5.41, 5.74) is 1.85. The Labute approximate surface area is 174 Å². The van der Waals surface area contributed by atoms with Gasteiger partial charge in [-0.25, -0.2) is 4.79 Å². The van der Waals surface area contributed by atoms with Crippen molar-refractivity contribution in [2.45, 2.75) is 13.5 Å². The van der Waals surface area contributed by atoms with Gasteiger partial charge in [-0.1, -0.05) is 27.3 Å². The number of thiazole rings is 1. The fraction of sp³-hybridized carbons (Fsp3) is 0.250. The molecule has 0 unspecified atom stereocenters. The van der Waals surface area contributed by atoms with Gasteiger partial charge < -0.3 is 14.0 Å². The maximum atomic E-state index is 12.6. The van der Waals surface area contributed by atoms with E-state index in [9.17, 15) is 9.59 Å². The summed E-state index contributed by atoms with van der Waals surface area (Å²) in [6.07, 6.45) is 0. The standard InChI is InChI=1S/C20H19BrN2O4S/c1-3-27-11-10-23-16-9-6-14(19(25)26-2)12-17(16)28-20(23)22-18(24)13-4-7-15(21)8-5-13/h4-9,12H,3,10-11H2,1-2H3. The van der Waals surface area contributed by atoms with E-state index in [0.717, 1.165) is 14.7 Å². The van der Waals surface area contributed by atoms with E-state index < -0.39 is 5.97 Å². The molecule has 8 heteroatoms. The number of benzene rings is 2. The largest absolute Gasteiger partial charge is 0.465 e. The third-order valence-corrected chi connectivity index (χ3v) is 5.63. The topological polar surface area (TPSA) is 69.9 Å². The number of carbonyl (C=O) groups excluding carboxylic acids is 2. The van der Waals surface area contributed by atoms with E-state index in [-0.39, 0.29) is 5.91 Å². The minimum atomic E-state index is -0.402. The van der Waals surface area contributed by atoms with Crippen LogP contribution in [0.4, 0.5) is 0 Å². The van der Waals surface area contributed by atoms with Crippen LogP contribution >= 0.6 is 27.3 Å². The second kappa shape index (κ2) is 9.27. The number of hydrogen-bond donors (Lipinski definition) is 0. The van der Waals surface area contributed by atoms with Crippen molar-refractivity contribution in [2.24, 2.45) is 4.99 Å². The molecule has 28 heavy (non-hydrogen) atoms. The summed E-state index contributed by atoms with van der Waals surface area (Å²) in [6.45, 7) is 3.60. The van der Waals surface area contributed by atoms with Gasteiger partial charge >= 0.3 is 5.97 Å². The Morgan fingerprint density at radius 2 is 1.86 bits per heavy atom. The van der Waals surface area contributed by atoms with Crippen molar-refractivity contribution in [3.05, 3.63) is 62.9 Å². The van der Waals surface area contributed by atoms with Crippen LogP contribution in [0, 0.1) is 0 Å². The number of esters is 1. The minimum absolute atomic E-state index is 0.322. The molecule has 0 spiro atoms. The molecule has 1 heterocycles. The van der Waals surface area contributed by atoms with E-state index >= 15 is 0 Å². The normalized spacial score (nSPS) is 11.8. The van der Waals surface area contributed by atoms with Crippen molar-refractivity contribution in [3.63, 3.8) is 0 Å². The highest BCUT2D eigenvalue weighted by molar-refractivity contribution is 9.10. The van der Waals surface area contributed by atoms with Gasteiger partial charge in [0.25, 0.3) is 5.91 Å². The summed E-state index contributed by atoms with van der Waals surface area (Å²) in [5, 5.41) is 0. The molecule has 6 nitrogen and oxygen atoms in total. The van der Waals surface area contributed by atoms with Crippen LogP contribution in [0.1, 0.15) is 27.6 Å². The Balaban J connectivity index is 2.07. The molecule has 146 valence electrons. The number of amides is 1. The zero-order valence-electron chi connectivity index (χ0n) is 15.5. The number of carbonyl (C=O) groups is 2. The Morgan fingerprint density at radius 3 is 2.54 bits per heavy atom.